The summed E-state index contributed by atoms with van der Waals surface area (Å²) in [5.41, 5.74) is 1.10. The number of anilines is 1. The summed E-state index contributed by atoms with van der Waals surface area (Å²) in [6.45, 7) is 4.31. The maximum Gasteiger partial charge on any atom is 0.186 e. The number of fused-ring (bicyclic) bond motifs is 1. The average molecular weight is 264 g/mol. The number of carbonyl (C=O) groups is 1. The summed E-state index contributed by atoms with van der Waals surface area (Å²) in [5.74, 6) is 0.284. The molecule has 1 saturated carbocycles. The normalized spacial score (nSPS) is 22.5. The lowest BCUT2D eigenvalue weighted by Gasteiger charge is -2.34. The minimum absolute atomic E-state index is 0.0739. The molecular formula is C14H20N2OS. The largest absolute Gasteiger partial charge is 0.348 e. The molecule has 2 aliphatic carbocycles. The summed E-state index contributed by atoms with van der Waals surface area (Å²) < 4.78 is 0. The van der Waals surface area contributed by atoms with Crippen LogP contribution in [0.5, 0.6) is 0 Å². The van der Waals surface area contributed by atoms with Crippen molar-refractivity contribution in [2.75, 3.05) is 11.9 Å². The number of nitrogens with zero attached hydrogens (tertiary/aromatic N) is 2. The van der Waals surface area contributed by atoms with Gasteiger partial charge in [-0.05, 0) is 31.1 Å². The summed E-state index contributed by atoms with van der Waals surface area (Å²) in [4.78, 5) is 20.0. The molecule has 0 aliphatic heterocycles. The van der Waals surface area contributed by atoms with Gasteiger partial charge in [0.2, 0.25) is 0 Å². The zero-order chi connectivity index (χ0) is 12.9. The van der Waals surface area contributed by atoms with Gasteiger partial charge in [0.25, 0.3) is 0 Å². The maximum absolute atomic E-state index is 12.1. The highest BCUT2D eigenvalue weighted by Crippen LogP contribution is 2.40. The smallest absolute Gasteiger partial charge is 0.186 e. The monoisotopic (exact) mass is 264 g/mol. The molecule has 0 aromatic carbocycles. The van der Waals surface area contributed by atoms with Crippen LogP contribution in [0.3, 0.4) is 0 Å². The molecule has 1 fully saturated rings. The molecule has 3 nitrogen and oxygen atoms in total. The molecule has 1 aromatic rings. The zero-order valence-corrected chi connectivity index (χ0v) is 12.1. The van der Waals surface area contributed by atoms with Gasteiger partial charge >= 0.3 is 0 Å². The predicted molar refractivity (Wildman–Crippen MR) is 74.6 cm³/mol. The third-order valence-corrected chi connectivity index (χ3v) is 5.38. The van der Waals surface area contributed by atoms with E-state index in [9.17, 15) is 4.79 Å². The molecule has 4 heteroatoms. The van der Waals surface area contributed by atoms with Crippen molar-refractivity contribution >= 4 is 22.3 Å². The van der Waals surface area contributed by atoms with Crippen LogP contribution in [0.1, 0.15) is 54.9 Å². The number of hydrogen-bond acceptors (Lipinski definition) is 4. The molecule has 0 unspecified atom stereocenters. The third kappa shape index (κ3) is 1.96. The number of Topliss-reactive ketones (excluding diaryl/α,β-unsaturated/α-hetero) is 1. The van der Waals surface area contributed by atoms with Gasteiger partial charge in [0.05, 0.1) is 10.6 Å². The Hall–Kier alpha value is -0.900. The predicted octanol–water partition coefficient (Wildman–Crippen LogP) is 3.29. The van der Waals surface area contributed by atoms with Crippen molar-refractivity contribution in [1.82, 2.24) is 4.98 Å². The molecule has 98 valence electrons. The van der Waals surface area contributed by atoms with Crippen LogP contribution >= 0.6 is 11.3 Å². The Kier molecular flexibility index (Phi) is 2.73. The fourth-order valence-electron chi connectivity index (χ4n) is 2.79. The van der Waals surface area contributed by atoms with E-state index < -0.39 is 0 Å². The van der Waals surface area contributed by atoms with Crippen LogP contribution in [-0.2, 0) is 6.42 Å². The Morgan fingerprint density at radius 2 is 2.06 bits per heavy atom. The molecule has 1 heterocycles. The molecule has 0 N–H and O–H groups in total. The number of rotatable bonds is 2. The van der Waals surface area contributed by atoms with Crippen molar-refractivity contribution in [2.45, 2.75) is 52.0 Å². The van der Waals surface area contributed by atoms with Gasteiger partial charge in [0.1, 0.15) is 0 Å². The first kappa shape index (κ1) is 12.2. The summed E-state index contributed by atoms with van der Waals surface area (Å²) in [7, 11) is 2.11. The molecule has 2 aliphatic rings. The first-order valence-electron chi connectivity index (χ1n) is 6.72. The SMILES string of the molecule is CN(c1nc2c(s1)C(=O)CC(C)(C)C2)C1CCC1. The first-order chi connectivity index (χ1) is 8.46. The van der Waals surface area contributed by atoms with Crippen LogP contribution < -0.4 is 4.90 Å². The molecule has 18 heavy (non-hydrogen) atoms. The number of thiazole rings is 1. The Morgan fingerprint density at radius 1 is 1.33 bits per heavy atom. The van der Waals surface area contributed by atoms with Gasteiger partial charge in [-0.3, -0.25) is 4.79 Å². The number of aromatic nitrogens is 1. The van der Waals surface area contributed by atoms with E-state index in [0.717, 1.165) is 22.1 Å². The van der Waals surface area contributed by atoms with E-state index in [1.165, 1.54) is 19.3 Å². The second-order valence-electron chi connectivity index (χ2n) is 6.41. The molecule has 3 rings (SSSR count). The van der Waals surface area contributed by atoms with E-state index in [1.807, 2.05) is 0 Å². The van der Waals surface area contributed by atoms with Crippen LogP contribution in [0.2, 0.25) is 0 Å². The Balaban J connectivity index is 1.90. The van der Waals surface area contributed by atoms with E-state index >= 15 is 0 Å². The maximum atomic E-state index is 12.1. The number of ketones is 1. The zero-order valence-electron chi connectivity index (χ0n) is 11.3. The standard InChI is InChI=1S/C14H20N2OS/c1-14(2)7-10-12(11(17)8-14)18-13(15-10)16(3)9-5-4-6-9/h9H,4-8H2,1-3H3. The number of hydrogen-bond donors (Lipinski definition) is 0. The highest BCUT2D eigenvalue weighted by Gasteiger charge is 2.35. The topological polar surface area (TPSA) is 33.2 Å². The van der Waals surface area contributed by atoms with Crippen molar-refractivity contribution in [3.8, 4) is 0 Å². The van der Waals surface area contributed by atoms with Crippen LogP contribution in [-0.4, -0.2) is 23.9 Å². The second-order valence-corrected chi connectivity index (χ2v) is 7.39. The fourth-order valence-corrected chi connectivity index (χ4v) is 3.84. The van der Waals surface area contributed by atoms with Gasteiger partial charge in [-0.2, -0.15) is 0 Å². The molecule has 1 aromatic heterocycles. The van der Waals surface area contributed by atoms with E-state index in [-0.39, 0.29) is 11.2 Å². The number of carbonyl (C=O) groups excluding carboxylic acids is 1. The molecule has 0 saturated heterocycles. The fraction of sp³-hybridized carbons (Fsp3) is 0.714. The van der Waals surface area contributed by atoms with Crippen LogP contribution in [0.25, 0.3) is 0 Å². The molecule has 0 radical (unpaired) electrons. The van der Waals surface area contributed by atoms with E-state index in [4.69, 9.17) is 4.98 Å². The van der Waals surface area contributed by atoms with Gasteiger partial charge in [0.15, 0.2) is 10.9 Å². The quantitative estimate of drug-likeness (QED) is 0.822. The first-order valence-corrected chi connectivity index (χ1v) is 7.54. The lowest BCUT2D eigenvalue weighted by atomic mass is 9.78. The van der Waals surface area contributed by atoms with Gasteiger partial charge < -0.3 is 4.90 Å². The van der Waals surface area contributed by atoms with E-state index in [2.05, 4.69) is 25.8 Å². The van der Waals surface area contributed by atoms with E-state index in [0.29, 0.717) is 12.5 Å². The minimum Gasteiger partial charge on any atom is -0.348 e. The Labute approximate surface area is 112 Å². The van der Waals surface area contributed by atoms with Gasteiger partial charge in [-0.15, -0.1) is 0 Å². The summed E-state index contributed by atoms with van der Waals surface area (Å²) in [6, 6.07) is 0.640. The molecule has 0 amide bonds. The molecule has 0 atom stereocenters. The Morgan fingerprint density at radius 3 is 2.67 bits per heavy atom. The highest BCUT2D eigenvalue weighted by atomic mass is 32.1. The van der Waals surface area contributed by atoms with Crippen molar-refractivity contribution in [2.24, 2.45) is 5.41 Å². The van der Waals surface area contributed by atoms with Gasteiger partial charge in [0, 0.05) is 19.5 Å². The van der Waals surface area contributed by atoms with Crippen molar-refractivity contribution in [3.05, 3.63) is 10.6 Å². The molecule has 0 bridgehead atoms. The summed E-state index contributed by atoms with van der Waals surface area (Å²) in [6.07, 6.45) is 5.45. The minimum atomic E-state index is 0.0739. The lowest BCUT2D eigenvalue weighted by molar-refractivity contribution is 0.0916. The van der Waals surface area contributed by atoms with Crippen LogP contribution in [0.15, 0.2) is 0 Å². The van der Waals surface area contributed by atoms with E-state index in [1.54, 1.807) is 11.3 Å². The Bertz CT molecular complexity index is 488. The summed E-state index contributed by atoms with van der Waals surface area (Å²) >= 11 is 1.60. The van der Waals surface area contributed by atoms with Crippen LogP contribution in [0.4, 0.5) is 5.13 Å². The third-order valence-electron chi connectivity index (χ3n) is 4.15. The van der Waals surface area contributed by atoms with Gasteiger partial charge in [-0.1, -0.05) is 25.2 Å². The van der Waals surface area contributed by atoms with Crippen molar-refractivity contribution in [3.63, 3.8) is 0 Å². The second kappa shape index (κ2) is 4.05. The average Bonchev–Trinajstić information content (AvgIpc) is 2.56. The van der Waals surface area contributed by atoms with Gasteiger partial charge in [-0.25, -0.2) is 4.98 Å². The van der Waals surface area contributed by atoms with Crippen LogP contribution in [0, 0.1) is 5.41 Å². The molecular weight excluding hydrogens is 244 g/mol. The summed E-state index contributed by atoms with van der Waals surface area (Å²) in [5, 5.41) is 1.04. The molecule has 0 spiro atoms. The highest BCUT2D eigenvalue weighted by molar-refractivity contribution is 7.17. The van der Waals surface area contributed by atoms with Crippen molar-refractivity contribution in [1.29, 1.82) is 0 Å². The lowest BCUT2D eigenvalue weighted by Crippen LogP contribution is -2.37. The van der Waals surface area contributed by atoms with Crippen molar-refractivity contribution < 1.29 is 4.79 Å².